The summed E-state index contributed by atoms with van der Waals surface area (Å²) >= 11 is 0. The largest absolute Gasteiger partial charge is 0.416 e. The predicted molar refractivity (Wildman–Crippen MR) is 119 cm³/mol. The Hall–Kier alpha value is -3.68. The fourth-order valence-corrected chi connectivity index (χ4v) is 4.57. The minimum atomic E-state index is -4.42. The zero-order valence-corrected chi connectivity index (χ0v) is 18.2. The van der Waals surface area contributed by atoms with E-state index in [2.05, 4.69) is 10.3 Å². The lowest BCUT2D eigenvalue weighted by Gasteiger charge is -2.27. The zero-order valence-electron chi connectivity index (χ0n) is 18.2. The van der Waals surface area contributed by atoms with Crippen LogP contribution in [-0.4, -0.2) is 28.2 Å². The number of carbonyl (C=O) groups is 2. The molecule has 0 bridgehead atoms. The van der Waals surface area contributed by atoms with Crippen molar-refractivity contribution in [3.63, 3.8) is 0 Å². The van der Waals surface area contributed by atoms with Crippen LogP contribution in [0, 0.1) is 0 Å². The third-order valence-electron chi connectivity index (χ3n) is 6.55. The second-order valence-electron chi connectivity index (χ2n) is 8.75. The first-order valence-electron chi connectivity index (χ1n) is 11.1. The molecule has 1 saturated carbocycles. The van der Waals surface area contributed by atoms with Crippen LogP contribution in [0.25, 0.3) is 0 Å². The van der Waals surface area contributed by atoms with Crippen molar-refractivity contribution in [2.45, 2.75) is 37.0 Å². The molecule has 2 amide bonds. The Morgan fingerprint density at radius 1 is 1.06 bits per heavy atom. The topological polar surface area (TPSA) is 62.3 Å². The molecule has 3 aromatic rings. The van der Waals surface area contributed by atoms with Gasteiger partial charge in [0.15, 0.2) is 0 Å². The van der Waals surface area contributed by atoms with Crippen LogP contribution < -0.4 is 5.32 Å². The van der Waals surface area contributed by atoms with Gasteiger partial charge >= 0.3 is 6.18 Å². The summed E-state index contributed by atoms with van der Waals surface area (Å²) in [5.41, 5.74) is 1.28. The van der Waals surface area contributed by atoms with Gasteiger partial charge in [0.05, 0.1) is 11.1 Å². The highest BCUT2D eigenvalue weighted by molar-refractivity contribution is 6.04. The maximum absolute atomic E-state index is 13.5. The van der Waals surface area contributed by atoms with Crippen molar-refractivity contribution >= 4 is 11.8 Å². The van der Waals surface area contributed by atoms with E-state index in [0.29, 0.717) is 42.5 Å². The molecule has 1 atom stereocenters. The van der Waals surface area contributed by atoms with E-state index in [1.54, 1.807) is 41.6 Å². The Morgan fingerprint density at radius 2 is 1.79 bits per heavy atom. The van der Waals surface area contributed by atoms with E-state index >= 15 is 0 Å². The van der Waals surface area contributed by atoms with E-state index in [1.807, 2.05) is 12.1 Å². The standard InChI is InChI=1S/C26H22F3N3O2/c27-26(28,29)19-9-7-18(8-10-19)25(12-13-25)31-23(33)22-20-5-1-2-6-21(20)24(34)32(22)15-11-17-4-3-14-30-16-17/h1-10,14,16,22H,11-13,15H2,(H,31,33). The normalized spacial score (nSPS) is 18.5. The molecule has 1 fully saturated rings. The van der Waals surface area contributed by atoms with Gasteiger partial charge in [0.2, 0.25) is 5.91 Å². The summed E-state index contributed by atoms with van der Waals surface area (Å²) in [6.07, 6.45) is 0.784. The van der Waals surface area contributed by atoms with Gasteiger partial charge in [0.25, 0.3) is 5.91 Å². The number of aromatic nitrogens is 1. The Labute approximate surface area is 194 Å². The number of halogens is 3. The van der Waals surface area contributed by atoms with Crippen molar-refractivity contribution in [2.24, 2.45) is 0 Å². The van der Waals surface area contributed by atoms with Crippen LogP contribution in [-0.2, 0) is 22.9 Å². The van der Waals surface area contributed by atoms with Gasteiger partial charge in [-0.3, -0.25) is 14.6 Å². The van der Waals surface area contributed by atoms with E-state index < -0.39 is 23.3 Å². The van der Waals surface area contributed by atoms with Gasteiger partial charge in [0.1, 0.15) is 6.04 Å². The molecule has 2 aliphatic rings. The summed E-state index contributed by atoms with van der Waals surface area (Å²) in [4.78, 5) is 32.3. The fourth-order valence-electron chi connectivity index (χ4n) is 4.57. The molecule has 2 aromatic carbocycles. The molecule has 1 N–H and O–H groups in total. The number of nitrogens with one attached hydrogen (secondary N) is 1. The summed E-state index contributed by atoms with van der Waals surface area (Å²) in [5, 5.41) is 3.05. The van der Waals surface area contributed by atoms with Gasteiger partial charge in [-0.25, -0.2) is 0 Å². The second-order valence-corrected chi connectivity index (χ2v) is 8.75. The van der Waals surface area contributed by atoms with Crippen LogP contribution in [0.2, 0.25) is 0 Å². The smallest absolute Gasteiger partial charge is 0.344 e. The first-order chi connectivity index (χ1) is 16.3. The number of hydrogen-bond acceptors (Lipinski definition) is 3. The first-order valence-corrected chi connectivity index (χ1v) is 11.1. The van der Waals surface area contributed by atoms with Crippen LogP contribution in [0.1, 0.15) is 51.5 Å². The highest BCUT2D eigenvalue weighted by Gasteiger charge is 2.49. The fraction of sp³-hybridized carbons (Fsp3) is 0.269. The number of amides is 2. The summed E-state index contributed by atoms with van der Waals surface area (Å²) in [5.74, 6) is -0.541. The number of carbonyl (C=O) groups excluding carboxylic acids is 2. The first kappa shape index (κ1) is 22.1. The summed E-state index contributed by atoms with van der Waals surface area (Å²) in [6.45, 7) is 0.338. The molecule has 1 aliphatic carbocycles. The Kier molecular flexibility index (Phi) is 5.38. The molecule has 5 nitrogen and oxygen atoms in total. The Bertz CT molecular complexity index is 1220. The van der Waals surface area contributed by atoms with Crippen LogP contribution in [0.15, 0.2) is 73.1 Å². The Morgan fingerprint density at radius 3 is 2.44 bits per heavy atom. The number of pyridine rings is 1. The summed E-state index contributed by atoms with van der Waals surface area (Å²) in [7, 11) is 0. The van der Waals surface area contributed by atoms with Crippen LogP contribution in [0.4, 0.5) is 13.2 Å². The molecular weight excluding hydrogens is 443 g/mol. The molecule has 1 unspecified atom stereocenters. The number of hydrogen-bond donors (Lipinski definition) is 1. The highest BCUT2D eigenvalue weighted by atomic mass is 19.4. The van der Waals surface area contributed by atoms with Gasteiger partial charge < -0.3 is 10.2 Å². The average Bonchev–Trinajstić information content (AvgIpc) is 3.56. The third kappa shape index (κ3) is 4.04. The molecule has 0 radical (unpaired) electrons. The third-order valence-corrected chi connectivity index (χ3v) is 6.55. The lowest BCUT2D eigenvalue weighted by Crippen LogP contribution is -2.44. The Balaban J connectivity index is 1.38. The lowest BCUT2D eigenvalue weighted by molar-refractivity contribution is -0.137. The highest BCUT2D eigenvalue weighted by Crippen LogP contribution is 2.47. The van der Waals surface area contributed by atoms with E-state index in [9.17, 15) is 22.8 Å². The van der Waals surface area contributed by atoms with E-state index in [4.69, 9.17) is 0 Å². The molecule has 8 heteroatoms. The van der Waals surface area contributed by atoms with Crippen molar-refractivity contribution in [3.05, 3.63) is 101 Å². The van der Waals surface area contributed by atoms with Crippen molar-refractivity contribution < 1.29 is 22.8 Å². The quantitative estimate of drug-likeness (QED) is 0.577. The van der Waals surface area contributed by atoms with E-state index in [-0.39, 0.29) is 11.8 Å². The minimum absolute atomic E-state index is 0.209. The summed E-state index contributed by atoms with van der Waals surface area (Å²) < 4.78 is 38.9. The van der Waals surface area contributed by atoms with Gasteiger partial charge in [-0.05, 0) is 60.2 Å². The molecule has 0 saturated heterocycles. The SMILES string of the molecule is O=C(NC1(c2ccc(C(F)(F)F)cc2)CC1)C1c2ccccc2C(=O)N1CCc1cccnc1. The van der Waals surface area contributed by atoms with Gasteiger partial charge in [-0.2, -0.15) is 13.2 Å². The molecule has 5 rings (SSSR count). The predicted octanol–water partition coefficient (Wildman–Crippen LogP) is 4.65. The maximum atomic E-state index is 13.5. The number of alkyl halides is 3. The number of rotatable bonds is 6. The molecule has 1 aromatic heterocycles. The molecule has 0 spiro atoms. The number of nitrogens with zero attached hydrogens (tertiary/aromatic N) is 2. The number of benzene rings is 2. The summed E-state index contributed by atoms with van der Waals surface area (Å²) in [6, 6.07) is 14.9. The van der Waals surface area contributed by atoms with Crippen LogP contribution in [0.5, 0.6) is 0 Å². The second kappa shape index (κ2) is 8.27. The molecule has 1 aliphatic heterocycles. The van der Waals surface area contributed by atoms with Crippen molar-refractivity contribution in [3.8, 4) is 0 Å². The monoisotopic (exact) mass is 465 g/mol. The maximum Gasteiger partial charge on any atom is 0.416 e. The van der Waals surface area contributed by atoms with E-state index in [1.165, 1.54) is 12.1 Å². The van der Waals surface area contributed by atoms with Gasteiger partial charge in [-0.15, -0.1) is 0 Å². The molecule has 174 valence electrons. The molecule has 34 heavy (non-hydrogen) atoms. The number of fused-ring (bicyclic) bond motifs is 1. The molecule has 2 heterocycles. The van der Waals surface area contributed by atoms with E-state index in [0.717, 1.165) is 17.7 Å². The minimum Gasteiger partial charge on any atom is -0.344 e. The van der Waals surface area contributed by atoms with Crippen molar-refractivity contribution in [1.29, 1.82) is 0 Å². The lowest BCUT2D eigenvalue weighted by atomic mass is 10.00. The zero-order chi connectivity index (χ0) is 23.9. The van der Waals surface area contributed by atoms with Gasteiger partial charge in [-0.1, -0.05) is 36.4 Å². The molecular formula is C26H22F3N3O2. The van der Waals surface area contributed by atoms with Crippen molar-refractivity contribution in [1.82, 2.24) is 15.2 Å². The average molecular weight is 465 g/mol. The van der Waals surface area contributed by atoms with Crippen molar-refractivity contribution in [2.75, 3.05) is 6.54 Å². The van der Waals surface area contributed by atoms with Gasteiger partial charge in [0, 0.05) is 24.5 Å². The van der Waals surface area contributed by atoms with Crippen LogP contribution in [0.3, 0.4) is 0 Å². The van der Waals surface area contributed by atoms with Crippen LogP contribution >= 0.6 is 0 Å².